The number of nitrogens with one attached hydrogen (secondary N) is 2. The SMILES string of the molecule is CC(NC(=O)[C@H]1CNC[C@@H]1c1cnn(C)c1)c1ccc(-n2cncn2)cc1. The van der Waals surface area contributed by atoms with Gasteiger partial charge < -0.3 is 10.6 Å². The molecule has 1 fully saturated rings. The minimum absolute atomic E-state index is 0.0710. The molecule has 0 saturated carbocycles. The fourth-order valence-electron chi connectivity index (χ4n) is 3.60. The van der Waals surface area contributed by atoms with Crippen LogP contribution in [0.1, 0.15) is 30.0 Å². The molecule has 2 aromatic heterocycles. The Morgan fingerprint density at radius 3 is 2.74 bits per heavy atom. The third kappa shape index (κ3) is 3.61. The number of hydrogen-bond acceptors (Lipinski definition) is 5. The Kier molecular flexibility index (Phi) is 4.72. The summed E-state index contributed by atoms with van der Waals surface area (Å²) in [5, 5.41) is 14.9. The number of aromatic nitrogens is 5. The highest BCUT2D eigenvalue weighted by atomic mass is 16.2. The van der Waals surface area contributed by atoms with E-state index in [4.69, 9.17) is 0 Å². The van der Waals surface area contributed by atoms with Crippen LogP contribution < -0.4 is 10.6 Å². The van der Waals surface area contributed by atoms with E-state index in [2.05, 4.69) is 25.8 Å². The van der Waals surface area contributed by atoms with Gasteiger partial charge in [-0.2, -0.15) is 10.2 Å². The summed E-state index contributed by atoms with van der Waals surface area (Å²) in [6, 6.07) is 7.89. The van der Waals surface area contributed by atoms with Crippen LogP contribution in [0.5, 0.6) is 0 Å². The highest BCUT2D eigenvalue weighted by molar-refractivity contribution is 5.81. The molecule has 140 valence electrons. The van der Waals surface area contributed by atoms with Gasteiger partial charge in [-0.1, -0.05) is 12.1 Å². The van der Waals surface area contributed by atoms with Gasteiger partial charge in [-0.25, -0.2) is 9.67 Å². The van der Waals surface area contributed by atoms with Gasteiger partial charge in [0.1, 0.15) is 12.7 Å². The monoisotopic (exact) mass is 365 g/mol. The lowest BCUT2D eigenvalue weighted by Gasteiger charge is -2.21. The molecule has 2 N–H and O–H groups in total. The number of carbonyl (C=O) groups excluding carboxylic acids is 1. The molecular formula is C19H23N7O. The summed E-state index contributed by atoms with van der Waals surface area (Å²) in [7, 11) is 1.89. The largest absolute Gasteiger partial charge is 0.349 e. The third-order valence-corrected chi connectivity index (χ3v) is 5.14. The van der Waals surface area contributed by atoms with Crippen molar-refractivity contribution in [3.8, 4) is 5.69 Å². The van der Waals surface area contributed by atoms with Crippen molar-refractivity contribution in [1.82, 2.24) is 35.2 Å². The summed E-state index contributed by atoms with van der Waals surface area (Å²) >= 11 is 0. The van der Waals surface area contributed by atoms with E-state index in [0.29, 0.717) is 6.54 Å². The van der Waals surface area contributed by atoms with Crippen molar-refractivity contribution in [3.05, 3.63) is 60.4 Å². The van der Waals surface area contributed by atoms with Crippen LogP contribution >= 0.6 is 0 Å². The van der Waals surface area contributed by atoms with Crippen molar-refractivity contribution in [2.75, 3.05) is 13.1 Å². The maximum atomic E-state index is 12.9. The number of hydrogen-bond donors (Lipinski definition) is 2. The maximum absolute atomic E-state index is 12.9. The summed E-state index contributed by atoms with van der Waals surface area (Å²) < 4.78 is 3.48. The molecule has 1 unspecified atom stereocenters. The first-order chi connectivity index (χ1) is 13.1. The van der Waals surface area contributed by atoms with E-state index < -0.39 is 0 Å². The van der Waals surface area contributed by atoms with Gasteiger partial charge in [0.25, 0.3) is 0 Å². The zero-order chi connectivity index (χ0) is 18.8. The van der Waals surface area contributed by atoms with Gasteiger partial charge in [-0.15, -0.1) is 0 Å². The van der Waals surface area contributed by atoms with Gasteiger partial charge in [-0.05, 0) is 30.2 Å². The Morgan fingerprint density at radius 1 is 1.26 bits per heavy atom. The minimum atomic E-state index is -0.0916. The van der Waals surface area contributed by atoms with E-state index in [-0.39, 0.29) is 23.8 Å². The van der Waals surface area contributed by atoms with Crippen LogP contribution in [0.4, 0.5) is 0 Å². The number of nitrogens with zero attached hydrogens (tertiary/aromatic N) is 5. The Morgan fingerprint density at radius 2 is 2.07 bits per heavy atom. The second-order valence-corrected chi connectivity index (χ2v) is 6.98. The molecule has 3 heterocycles. The lowest BCUT2D eigenvalue weighted by molar-refractivity contribution is -0.125. The second kappa shape index (κ2) is 7.32. The van der Waals surface area contributed by atoms with Gasteiger partial charge in [0.2, 0.25) is 5.91 Å². The zero-order valence-electron chi connectivity index (χ0n) is 15.4. The van der Waals surface area contributed by atoms with Crippen molar-refractivity contribution in [2.45, 2.75) is 18.9 Å². The van der Waals surface area contributed by atoms with E-state index in [0.717, 1.165) is 23.4 Å². The highest BCUT2D eigenvalue weighted by Crippen LogP contribution is 2.28. The van der Waals surface area contributed by atoms with Crippen LogP contribution in [0.2, 0.25) is 0 Å². The van der Waals surface area contributed by atoms with E-state index in [1.807, 2.05) is 50.6 Å². The second-order valence-electron chi connectivity index (χ2n) is 6.98. The van der Waals surface area contributed by atoms with E-state index in [9.17, 15) is 4.79 Å². The number of aryl methyl sites for hydroxylation is 1. The molecule has 1 saturated heterocycles. The molecule has 0 bridgehead atoms. The number of rotatable bonds is 5. The highest BCUT2D eigenvalue weighted by Gasteiger charge is 2.35. The summed E-state index contributed by atoms with van der Waals surface area (Å²) in [6.45, 7) is 3.48. The first-order valence-corrected chi connectivity index (χ1v) is 9.06. The molecular weight excluding hydrogens is 342 g/mol. The van der Waals surface area contributed by atoms with Crippen LogP contribution in [0.15, 0.2) is 49.3 Å². The molecule has 1 aliphatic rings. The lowest BCUT2D eigenvalue weighted by Crippen LogP contribution is -2.36. The maximum Gasteiger partial charge on any atom is 0.225 e. The smallest absolute Gasteiger partial charge is 0.225 e. The Bertz CT molecular complexity index is 901. The molecule has 0 aliphatic carbocycles. The Balaban J connectivity index is 1.42. The molecule has 3 aromatic rings. The molecule has 4 rings (SSSR count). The van der Waals surface area contributed by atoms with E-state index in [1.54, 1.807) is 15.7 Å². The summed E-state index contributed by atoms with van der Waals surface area (Å²) in [5.41, 5.74) is 3.09. The Labute approximate surface area is 157 Å². The quantitative estimate of drug-likeness (QED) is 0.709. The molecule has 3 atom stereocenters. The van der Waals surface area contributed by atoms with Gasteiger partial charge in [0.15, 0.2) is 0 Å². The molecule has 0 radical (unpaired) electrons. The zero-order valence-corrected chi connectivity index (χ0v) is 15.4. The van der Waals surface area contributed by atoms with Crippen LogP contribution in [0.3, 0.4) is 0 Å². The standard InChI is InChI=1S/C19H23N7O/c1-13(14-3-5-16(6-4-14)26-12-21-11-23-26)24-19(27)18-9-20-8-17(18)15-7-22-25(2)10-15/h3-7,10-13,17-18,20H,8-9H2,1-2H3,(H,24,27)/t13?,17-,18+/m1/s1. The first kappa shape index (κ1) is 17.4. The average Bonchev–Trinajstić information content (AvgIpc) is 3.42. The average molecular weight is 365 g/mol. The van der Waals surface area contributed by atoms with Gasteiger partial charge in [-0.3, -0.25) is 9.48 Å². The number of benzene rings is 1. The number of carbonyl (C=O) groups is 1. The van der Waals surface area contributed by atoms with Crippen molar-refractivity contribution in [1.29, 1.82) is 0 Å². The summed E-state index contributed by atoms with van der Waals surface area (Å²) in [6.07, 6.45) is 7.01. The fraction of sp³-hybridized carbons (Fsp3) is 0.368. The normalized spacial score (nSPS) is 20.5. The van der Waals surface area contributed by atoms with Crippen molar-refractivity contribution in [2.24, 2.45) is 13.0 Å². The Hall–Kier alpha value is -3.00. The van der Waals surface area contributed by atoms with Crippen LogP contribution in [0, 0.1) is 5.92 Å². The minimum Gasteiger partial charge on any atom is -0.349 e. The van der Waals surface area contributed by atoms with Crippen LogP contribution in [-0.4, -0.2) is 43.5 Å². The predicted octanol–water partition coefficient (Wildman–Crippen LogP) is 1.18. The van der Waals surface area contributed by atoms with Crippen LogP contribution in [0.25, 0.3) is 5.69 Å². The summed E-state index contributed by atoms with van der Waals surface area (Å²) in [4.78, 5) is 16.8. The fourth-order valence-corrected chi connectivity index (χ4v) is 3.60. The van der Waals surface area contributed by atoms with E-state index in [1.165, 1.54) is 6.33 Å². The van der Waals surface area contributed by atoms with Gasteiger partial charge >= 0.3 is 0 Å². The molecule has 8 nitrogen and oxygen atoms in total. The molecule has 1 aromatic carbocycles. The topological polar surface area (TPSA) is 89.7 Å². The lowest BCUT2D eigenvalue weighted by atomic mass is 9.90. The van der Waals surface area contributed by atoms with Gasteiger partial charge in [0.05, 0.1) is 23.8 Å². The third-order valence-electron chi connectivity index (χ3n) is 5.14. The molecule has 1 aliphatic heterocycles. The van der Waals surface area contributed by atoms with Gasteiger partial charge in [0, 0.05) is 32.3 Å². The van der Waals surface area contributed by atoms with Crippen molar-refractivity contribution < 1.29 is 4.79 Å². The van der Waals surface area contributed by atoms with Crippen molar-refractivity contribution in [3.63, 3.8) is 0 Å². The van der Waals surface area contributed by atoms with Crippen LogP contribution in [-0.2, 0) is 11.8 Å². The number of amides is 1. The summed E-state index contributed by atoms with van der Waals surface area (Å²) in [5.74, 6) is 0.133. The molecule has 1 amide bonds. The molecule has 8 heteroatoms. The van der Waals surface area contributed by atoms with E-state index >= 15 is 0 Å². The molecule has 27 heavy (non-hydrogen) atoms. The first-order valence-electron chi connectivity index (χ1n) is 9.06. The molecule has 0 spiro atoms. The predicted molar refractivity (Wildman–Crippen MR) is 100 cm³/mol. The van der Waals surface area contributed by atoms with Crippen molar-refractivity contribution >= 4 is 5.91 Å².